The van der Waals surface area contributed by atoms with E-state index in [4.69, 9.17) is 0 Å². The van der Waals surface area contributed by atoms with Crippen molar-refractivity contribution < 1.29 is 9.53 Å². The zero-order chi connectivity index (χ0) is 8.81. The van der Waals surface area contributed by atoms with Crippen molar-refractivity contribution in [1.29, 1.82) is 0 Å². The molecule has 0 aliphatic carbocycles. The second-order valence-electron chi connectivity index (χ2n) is 2.40. The predicted molar refractivity (Wildman–Crippen MR) is 44.6 cm³/mol. The fourth-order valence-electron chi connectivity index (χ4n) is 0.878. The molecule has 0 N–H and O–H groups in total. The summed E-state index contributed by atoms with van der Waals surface area (Å²) in [6, 6.07) is 5.64. The Bertz CT molecular complexity index is 246. The van der Waals surface area contributed by atoms with E-state index in [0.29, 0.717) is 12.8 Å². The lowest BCUT2D eigenvalue weighted by Crippen LogP contribution is -2.02. The Balaban J connectivity index is 2.38. The number of hydrogen-bond acceptors (Lipinski definition) is 3. The number of nitrogens with zero attached hydrogens (tertiary/aromatic N) is 1. The molecule has 0 amide bonds. The Morgan fingerprint density at radius 1 is 1.58 bits per heavy atom. The van der Waals surface area contributed by atoms with Crippen LogP contribution in [0.3, 0.4) is 0 Å². The molecule has 1 heterocycles. The van der Waals surface area contributed by atoms with Gasteiger partial charge in [-0.25, -0.2) is 0 Å². The first-order valence-corrected chi connectivity index (χ1v) is 3.79. The molecule has 0 spiro atoms. The Labute approximate surface area is 71.4 Å². The third-order valence-electron chi connectivity index (χ3n) is 1.54. The maximum atomic E-state index is 10.7. The Hall–Kier alpha value is -1.38. The Morgan fingerprint density at radius 2 is 2.42 bits per heavy atom. The first-order chi connectivity index (χ1) is 5.83. The van der Waals surface area contributed by atoms with Crippen molar-refractivity contribution in [2.24, 2.45) is 0 Å². The number of aromatic nitrogens is 1. The van der Waals surface area contributed by atoms with Gasteiger partial charge in [0.15, 0.2) is 0 Å². The molecule has 1 aromatic heterocycles. The summed E-state index contributed by atoms with van der Waals surface area (Å²) in [5, 5.41) is 0. The van der Waals surface area contributed by atoms with Crippen molar-refractivity contribution in [3.63, 3.8) is 0 Å². The highest BCUT2D eigenvalue weighted by molar-refractivity contribution is 5.69. The summed E-state index contributed by atoms with van der Waals surface area (Å²) in [6.45, 7) is 0. The number of ether oxygens (including phenoxy) is 1. The van der Waals surface area contributed by atoms with Crippen LogP contribution >= 0.6 is 0 Å². The fourth-order valence-corrected chi connectivity index (χ4v) is 0.878. The zero-order valence-electron chi connectivity index (χ0n) is 6.99. The molecule has 1 aromatic rings. The minimum absolute atomic E-state index is 0.194. The van der Waals surface area contributed by atoms with Gasteiger partial charge in [0, 0.05) is 18.3 Å². The molecular formula is C9H11NO2. The van der Waals surface area contributed by atoms with E-state index in [1.54, 1.807) is 6.20 Å². The average Bonchev–Trinajstić information content (AvgIpc) is 2.16. The molecule has 12 heavy (non-hydrogen) atoms. The molecule has 64 valence electrons. The van der Waals surface area contributed by atoms with Gasteiger partial charge in [-0.2, -0.15) is 0 Å². The van der Waals surface area contributed by atoms with Crippen LogP contribution in [-0.2, 0) is 16.0 Å². The quantitative estimate of drug-likeness (QED) is 0.631. The fraction of sp³-hybridized carbons (Fsp3) is 0.333. The van der Waals surface area contributed by atoms with Crippen LogP contribution in [-0.4, -0.2) is 18.1 Å². The van der Waals surface area contributed by atoms with Crippen LogP contribution in [0.5, 0.6) is 0 Å². The van der Waals surface area contributed by atoms with E-state index in [1.165, 1.54) is 7.11 Å². The second-order valence-corrected chi connectivity index (χ2v) is 2.40. The lowest BCUT2D eigenvalue weighted by molar-refractivity contribution is -0.140. The van der Waals surface area contributed by atoms with Crippen LogP contribution in [0.1, 0.15) is 12.1 Å². The zero-order valence-corrected chi connectivity index (χ0v) is 6.99. The number of carbonyl (C=O) groups is 1. The molecule has 0 aromatic carbocycles. The summed E-state index contributed by atoms with van der Waals surface area (Å²) in [7, 11) is 1.39. The van der Waals surface area contributed by atoms with Gasteiger partial charge in [-0.3, -0.25) is 9.78 Å². The largest absolute Gasteiger partial charge is 0.469 e. The number of pyridine rings is 1. The molecule has 0 atom stereocenters. The van der Waals surface area contributed by atoms with E-state index in [-0.39, 0.29) is 5.97 Å². The van der Waals surface area contributed by atoms with Crippen molar-refractivity contribution in [3.8, 4) is 0 Å². The maximum Gasteiger partial charge on any atom is 0.305 e. The van der Waals surface area contributed by atoms with Crippen molar-refractivity contribution >= 4 is 5.97 Å². The van der Waals surface area contributed by atoms with E-state index < -0.39 is 0 Å². The summed E-state index contributed by atoms with van der Waals surface area (Å²) >= 11 is 0. The van der Waals surface area contributed by atoms with Gasteiger partial charge in [-0.1, -0.05) is 6.07 Å². The number of rotatable bonds is 3. The minimum atomic E-state index is -0.194. The van der Waals surface area contributed by atoms with Crippen LogP contribution in [0, 0.1) is 0 Å². The summed E-state index contributed by atoms with van der Waals surface area (Å²) in [4.78, 5) is 14.8. The number of aryl methyl sites for hydroxylation is 1. The number of methoxy groups -OCH3 is 1. The molecule has 0 saturated carbocycles. The normalized spacial score (nSPS) is 9.42. The molecule has 0 radical (unpaired) electrons. The molecule has 3 nitrogen and oxygen atoms in total. The van der Waals surface area contributed by atoms with Crippen molar-refractivity contribution in [1.82, 2.24) is 4.98 Å². The monoisotopic (exact) mass is 165 g/mol. The third kappa shape index (κ3) is 2.70. The summed E-state index contributed by atoms with van der Waals surface area (Å²) in [6.07, 6.45) is 2.76. The van der Waals surface area contributed by atoms with E-state index in [1.807, 2.05) is 18.2 Å². The standard InChI is InChI=1S/C9H11NO2/c1-12-9(11)6-5-8-4-2-3-7-10-8/h2-4,7H,5-6H2,1H3. The molecule has 0 bridgehead atoms. The molecule has 1 rings (SSSR count). The summed E-state index contributed by atoms with van der Waals surface area (Å²) < 4.78 is 4.51. The Kier molecular flexibility index (Phi) is 3.26. The molecule has 3 heteroatoms. The van der Waals surface area contributed by atoms with Crippen LogP contribution in [0.2, 0.25) is 0 Å². The SMILES string of the molecule is COC(=O)CCc1ccccn1. The van der Waals surface area contributed by atoms with Gasteiger partial charge in [-0.15, -0.1) is 0 Å². The third-order valence-corrected chi connectivity index (χ3v) is 1.54. The maximum absolute atomic E-state index is 10.7. The molecule has 0 fully saturated rings. The molecule has 0 unspecified atom stereocenters. The lowest BCUT2D eigenvalue weighted by atomic mass is 10.2. The van der Waals surface area contributed by atoms with Crippen LogP contribution < -0.4 is 0 Å². The highest BCUT2D eigenvalue weighted by Crippen LogP contribution is 1.98. The number of carbonyl (C=O) groups excluding carboxylic acids is 1. The van der Waals surface area contributed by atoms with Gasteiger partial charge >= 0.3 is 5.97 Å². The molecule has 0 saturated heterocycles. The topological polar surface area (TPSA) is 39.2 Å². The van der Waals surface area contributed by atoms with Crippen LogP contribution in [0.15, 0.2) is 24.4 Å². The van der Waals surface area contributed by atoms with Gasteiger partial charge in [0.25, 0.3) is 0 Å². The van der Waals surface area contributed by atoms with E-state index >= 15 is 0 Å². The smallest absolute Gasteiger partial charge is 0.305 e. The van der Waals surface area contributed by atoms with E-state index in [9.17, 15) is 4.79 Å². The van der Waals surface area contributed by atoms with Crippen molar-refractivity contribution in [3.05, 3.63) is 30.1 Å². The minimum Gasteiger partial charge on any atom is -0.469 e. The van der Waals surface area contributed by atoms with Gasteiger partial charge < -0.3 is 4.74 Å². The summed E-state index contributed by atoms with van der Waals surface area (Å²) in [5.74, 6) is -0.194. The molecular weight excluding hydrogens is 154 g/mol. The number of hydrogen-bond donors (Lipinski definition) is 0. The van der Waals surface area contributed by atoms with Gasteiger partial charge in [-0.05, 0) is 12.1 Å². The first kappa shape index (κ1) is 8.71. The van der Waals surface area contributed by atoms with Gasteiger partial charge in [0.2, 0.25) is 0 Å². The average molecular weight is 165 g/mol. The van der Waals surface area contributed by atoms with Gasteiger partial charge in [0.1, 0.15) is 0 Å². The van der Waals surface area contributed by atoms with Crippen LogP contribution in [0.4, 0.5) is 0 Å². The lowest BCUT2D eigenvalue weighted by Gasteiger charge is -1.98. The van der Waals surface area contributed by atoms with E-state index in [0.717, 1.165) is 5.69 Å². The van der Waals surface area contributed by atoms with Crippen LogP contribution in [0.25, 0.3) is 0 Å². The van der Waals surface area contributed by atoms with Crippen molar-refractivity contribution in [2.45, 2.75) is 12.8 Å². The predicted octanol–water partition coefficient (Wildman–Crippen LogP) is 1.19. The number of esters is 1. The Morgan fingerprint density at radius 3 is 3.00 bits per heavy atom. The molecule has 0 aliphatic rings. The summed E-state index contributed by atoms with van der Waals surface area (Å²) in [5.41, 5.74) is 0.919. The highest BCUT2D eigenvalue weighted by Gasteiger charge is 2.00. The second kappa shape index (κ2) is 4.49. The van der Waals surface area contributed by atoms with Crippen molar-refractivity contribution in [2.75, 3.05) is 7.11 Å². The molecule has 0 aliphatic heterocycles. The van der Waals surface area contributed by atoms with E-state index in [2.05, 4.69) is 9.72 Å². The first-order valence-electron chi connectivity index (χ1n) is 3.79. The highest BCUT2D eigenvalue weighted by atomic mass is 16.5. The van der Waals surface area contributed by atoms with Gasteiger partial charge in [0.05, 0.1) is 13.5 Å².